The Morgan fingerprint density at radius 1 is 1.27 bits per heavy atom. The summed E-state index contributed by atoms with van der Waals surface area (Å²) in [4.78, 5) is 13.5. The van der Waals surface area contributed by atoms with Gasteiger partial charge in [0.15, 0.2) is 0 Å². The van der Waals surface area contributed by atoms with Gasteiger partial charge < -0.3 is 4.74 Å². The third kappa shape index (κ3) is 3.54. The molecule has 1 amide bonds. The van der Waals surface area contributed by atoms with Crippen molar-refractivity contribution in [3.05, 3.63) is 28.8 Å². The first-order valence-corrected chi connectivity index (χ1v) is 7.39. The van der Waals surface area contributed by atoms with Gasteiger partial charge in [-0.15, -0.1) is 0 Å². The van der Waals surface area contributed by atoms with Crippen LogP contribution in [0.3, 0.4) is 0 Å². The number of ether oxygens (including phenoxy) is 1. The third-order valence-electron chi connectivity index (χ3n) is 3.66. The quantitative estimate of drug-likeness (QED) is 0.751. The van der Waals surface area contributed by atoms with Crippen LogP contribution >= 0.6 is 0 Å². The van der Waals surface area contributed by atoms with Crippen molar-refractivity contribution in [1.82, 2.24) is 0 Å². The van der Waals surface area contributed by atoms with Crippen molar-refractivity contribution in [2.45, 2.75) is 52.3 Å². The highest BCUT2D eigenvalue weighted by Crippen LogP contribution is 2.38. The van der Waals surface area contributed by atoms with E-state index in [-0.39, 0.29) is 11.7 Å². The molecule has 6 heteroatoms. The minimum Gasteiger partial charge on any atom is -0.446 e. The molecule has 22 heavy (non-hydrogen) atoms. The average Bonchev–Trinajstić information content (AvgIpc) is 2.57. The summed E-state index contributed by atoms with van der Waals surface area (Å²) in [5.41, 5.74) is 0.575. The molecule has 0 saturated carbocycles. The number of rotatable bonds is 1. The number of benzene rings is 1. The number of fused-ring (bicyclic) bond motifs is 1. The van der Waals surface area contributed by atoms with E-state index in [1.165, 1.54) is 11.8 Å². The summed E-state index contributed by atoms with van der Waals surface area (Å²) in [7, 11) is 0. The number of anilines is 1. The maximum absolute atomic E-state index is 13.1. The van der Waals surface area contributed by atoms with Crippen LogP contribution < -0.4 is 4.90 Å². The maximum Gasteiger partial charge on any atom is 0.416 e. The van der Waals surface area contributed by atoms with E-state index >= 15 is 0 Å². The minimum absolute atomic E-state index is 0.185. The largest absolute Gasteiger partial charge is 0.446 e. The summed E-state index contributed by atoms with van der Waals surface area (Å²) in [5, 5.41) is 0. The van der Waals surface area contributed by atoms with Crippen LogP contribution in [-0.4, -0.2) is 18.7 Å². The van der Waals surface area contributed by atoms with Gasteiger partial charge in [-0.05, 0) is 57.2 Å². The van der Waals surface area contributed by atoms with E-state index in [0.717, 1.165) is 24.5 Å². The number of carbonyl (C=O) groups is 1. The predicted octanol–water partition coefficient (Wildman–Crippen LogP) is 4.70. The molecule has 0 bridgehead atoms. The Morgan fingerprint density at radius 2 is 1.95 bits per heavy atom. The van der Waals surface area contributed by atoms with Crippen molar-refractivity contribution in [3.8, 4) is 0 Å². The first-order chi connectivity index (χ1) is 10.2. The SMILES string of the molecule is Cc1cc2c(cc1C(F)(F)F)N(C(=O)OC(C)C)CCCC2. The Labute approximate surface area is 128 Å². The molecule has 0 spiro atoms. The molecular formula is C16H20F3NO2. The van der Waals surface area contributed by atoms with Crippen LogP contribution in [0.5, 0.6) is 0 Å². The second-order valence-corrected chi connectivity index (χ2v) is 5.83. The lowest BCUT2D eigenvalue weighted by Crippen LogP contribution is -2.34. The average molecular weight is 315 g/mol. The zero-order chi connectivity index (χ0) is 16.5. The number of hydrogen-bond donors (Lipinski definition) is 0. The zero-order valence-electron chi connectivity index (χ0n) is 13.0. The first kappa shape index (κ1) is 16.6. The summed E-state index contributed by atoms with van der Waals surface area (Å²) >= 11 is 0. The molecule has 0 unspecified atom stereocenters. The molecule has 0 fully saturated rings. The van der Waals surface area contributed by atoms with Crippen molar-refractivity contribution in [3.63, 3.8) is 0 Å². The van der Waals surface area contributed by atoms with Gasteiger partial charge in [0.1, 0.15) is 0 Å². The second kappa shape index (κ2) is 6.18. The fraction of sp³-hybridized carbons (Fsp3) is 0.562. The molecule has 0 aliphatic carbocycles. The van der Waals surface area contributed by atoms with Gasteiger partial charge in [-0.1, -0.05) is 6.07 Å². The van der Waals surface area contributed by atoms with Crippen LogP contribution in [0.2, 0.25) is 0 Å². The fourth-order valence-corrected chi connectivity index (χ4v) is 2.67. The highest BCUT2D eigenvalue weighted by Gasteiger charge is 2.35. The number of hydrogen-bond acceptors (Lipinski definition) is 2. The van der Waals surface area contributed by atoms with Gasteiger partial charge in [-0.25, -0.2) is 4.79 Å². The Hall–Kier alpha value is -1.72. The summed E-state index contributed by atoms with van der Waals surface area (Å²) in [5.74, 6) is 0. The normalized spacial score (nSPS) is 15.5. The molecule has 2 rings (SSSR count). The van der Waals surface area contributed by atoms with Crippen molar-refractivity contribution in [2.24, 2.45) is 0 Å². The number of nitrogens with zero attached hydrogens (tertiary/aromatic N) is 1. The fourth-order valence-electron chi connectivity index (χ4n) is 2.67. The molecule has 1 heterocycles. The smallest absolute Gasteiger partial charge is 0.416 e. The van der Waals surface area contributed by atoms with Gasteiger partial charge >= 0.3 is 12.3 Å². The van der Waals surface area contributed by atoms with Crippen LogP contribution in [0, 0.1) is 6.92 Å². The van der Waals surface area contributed by atoms with Crippen molar-refractivity contribution < 1.29 is 22.7 Å². The van der Waals surface area contributed by atoms with Crippen molar-refractivity contribution in [1.29, 1.82) is 0 Å². The second-order valence-electron chi connectivity index (χ2n) is 5.83. The molecule has 0 atom stereocenters. The number of amides is 1. The van der Waals surface area contributed by atoms with Crippen molar-refractivity contribution >= 4 is 11.8 Å². The Kier molecular flexibility index (Phi) is 4.68. The number of halogens is 3. The molecule has 1 aromatic rings. The lowest BCUT2D eigenvalue weighted by molar-refractivity contribution is -0.138. The van der Waals surface area contributed by atoms with Gasteiger partial charge in [0.05, 0.1) is 17.4 Å². The number of carbonyl (C=O) groups excluding carboxylic acids is 1. The Morgan fingerprint density at radius 3 is 2.55 bits per heavy atom. The molecule has 0 radical (unpaired) electrons. The van der Waals surface area contributed by atoms with Crippen LogP contribution in [-0.2, 0) is 17.3 Å². The third-order valence-corrected chi connectivity index (χ3v) is 3.66. The van der Waals surface area contributed by atoms with Crippen LogP contribution in [0.1, 0.15) is 43.4 Å². The molecule has 1 aliphatic rings. The monoisotopic (exact) mass is 315 g/mol. The zero-order valence-corrected chi connectivity index (χ0v) is 13.0. The summed E-state index contributed by atoms with van der Waals surface area (Å²) in [6.07, 6.45) is -3.09. The molecule has 1 aromatic carbocycles. The van der Waals surface area contributed by atoms with E-state index in [2.05, 4.69) is 0 Å². The predicted molar refractivity (Wildman–Crippen MR) is 78.1 cm³/mol. The van der Waals surface area contributed by atoms with Crippen LogP contribution in [0.15, 0.2) is 12.1 Å². The number of alkyl halides is 3. The van der Waals surface area contributed by atoms with Crippen LogP contribution in [0.25, 0.3) is 0 Å². The lowest BCUT2D eigenvalue weighted by atomic mass is 9.99. The van der Waals surface area contributed by atoms with E-state index in [1.54, 1.807) is 19.9 Å². The van der Waals surface area contributed by atoms with E-state index in [9.17, 15) is 18.0 Å². The Balaban J connectivity index is 2.48. The van der Waals surface area contributed by atoms with Gasteiger partial charge in [0, 0.05) is 6.54 Å². The standard InChI is InChI=1S/C16H20F3NO2/c1-10(2)22-15(21)20-7-5-4-6-12-8-11(3)13(9-14(12)20)16(17,18)19/h8-10H,4-7H2,1-3H3. The van der Waals surface area contributed by atoms with E-state index in [0.29, 0.717) is 18.7 Å². The van der Waals surface area contributed by atoms with Crippen LogP contribution in [0.4, 0.5) is 23.7 Å². The van der Waals surface area contributed by atoms with E-state index in [1.807, 2.05) is 0 Å². The van der Waals surface area contributed by atoms with Gasteiger partial charge in [0.2, 0.25) is 0 Å². The summed E-state index contributed by atoms with van der Waals surface area (Å²) in [6, 6.07) is 2.62. The highest BCUT2D eigenvalue weighted by molar-refractivity contribution is 5.89. The molecule has 122 valence electrons. The first-order valence-electron chi connectivity index (χ1n) is 7.39. The maximum atomic E-state index is 13.1. The van der Waals surface area contributed by atoms with Gasteiger partial charge in [0.25, 0.3) is 0 Å². The van der Waals surface area contributed by atoms with Crippen molar-refractivity contribution in [2.75, 3.05) is 11.4 Å². The molecule has 1 aliphatic heterocycles. The lowest BCUT2D eigenvalue weighted by Gasteiger charge is -2.25. The van der Waals surface area contributed by atoms with Gasteiger partial charge in [-0.2, -0.15) is 13.2 Å². The highest BCUT2D eigenvalue weighted by atomic mass is 19.4. The molecular weight excluding hydrogens is 295 g/mol. The van der Waals surface area contributed by atoms with Gasteiger partial charge in [-0.3, -0.25) is 4.90 Å². The molecule has 0 N–H and O–H groups in total. The topological polar surface area (TPSA) is 29.5 Å². The van der Waals surface area contributed by atoms with E-state index in [4.69, 9.17) is 4.74 Å². The molecule has 3 nitrogen and oxygen atoms in total. The number of aryl methyl sites for hydroxylation is 2. The Bertz CT molecular complexity index is 567. The van der Waals surface area contributed by atoms with E-state index < -0.39 is 17.8 Å². The summed E-state index contributed by atoms with van der Waals surface area (Å²) < 4.78 is 44.5. The molecule has 0 saturated heterocycles. The summed E-state index contributed by atoms with van der Waals surface area (Å²) in [6.45, 7) is 5.25. The molecule has 0 aromatic heterocycles. The minimum atomic E-state index is -4.43.